The van der Waals surface area contributed by atoms with Gasteiger partial charge in [-0.05, 0) is 31.0 Å². The molecule has 20 heavy (non-hydrogen) atoms. The van der Waals surface area contributed by atoms with Crippen LogP contribution in [0.15, 0.2) is 30.5 Å². The van der Waals surface area contributed by atoms with Gasteiger partial charge in [0.1, 0.15) is 0 Å². The fraction of sp³-hybridized carbons (Fsp3) is 0.312. The van der Waals surface area contributed by atoms with E-state index in [1.165, 1.54) is 0 Å². The highest BCUT2D eigenvalue weighted by molar-refractivity contribution is 6.31. The lowest BCUT2D eigenvalue weighted by molar-refractivity contribution is 0.0524. The third-order valence-corrected chi connectivity index (χ3v) is 3.75. The largest absolute Gasteiger partial charge is 0.462 e. The summed E-state index contributed by atoms with van der Waals surface area (Å²) in [5.74, 6) is -0.271. The summed E-state index contributed by atoms with van der Waals surface area (Å²) in [6, 6.07) is 7.67. The first-order valence-electron chi connectivity index (χ1n) is 6.60. The molecule has 0 aliphatic rings. The summed E-state index contributed by atoms with van der Waals surface area (Å²) < 4.78 is 7.09. The van der Waals surface area contributed by atoms with Crippen LogP contribution >= 0.6 is 11.6 Å². The fourth-order valence-electron chi connectivity index (χ4n) is 2.27. The topological polar surface area (TPSA) is 31.2 Å². The van der Waals surface area contributed by atoms with E-state index in [2.05, 4.69) is 0 Å². The van der Waals surface area contributed by atoms with Crippen LogP contribution in [0, 0.1) is 6.92 Å². The minimum atomic E-state index is -0.271. The van der Waals surface area contributed by atoms with E-state index >= 15 is 0 Å². The molecule has 0 spiro atoms. The highest BCUT2D eigenvalue weighted by Gasteiger charge is 2.19. The summed E-state index contributed by atoms with van der Waals surface area (Å²) >= 11 is 6.19. The first kappa shape index (κ1) is 14.7. The number of benzene rings is 1. The maximum absolute atomic E-state index is 12.1. The number of aryl methyl sites for hydroxylation is 1. The summed E-state index contributed by atoms with van der Waals surface area (Å²) in [5, 5.41) is 0.712. The van der Waals surface area contributed by atoms with Gasteiger partial charge >= 0.3 is 5.97 Å². The van der Waals surface area contributed by atoms with Crippen molar-refractivity contribution < 1.29 is 9.53 Å². The normalized spacial score (nSPS) is 10.6. The molecule has 106 valence electrons. The Kier molecular flexibility index (Phi) is 4.50. The van der Waals surface area contributed by atoms with E-state index in [0.29, 0.717) is 23.6 Å². The monoisotopic (exact) mass is 291 g/mol. The molecule has 0 aliphatic heterocycles. The van der Waals surface area contributed by atoms with Crippen molar-refractivity contribution >= 4 is 17.6 Å². The van der Waals surface area contributed by atoms with E-state index in [4.69, 9.17) is 16.3 Å². The number of rotatable bonds is 4. The Hall–Kier alpha value is -1.74. The zero-order chi connectivity index (χ0) is 14.7. The van der Waals surface area contributed by atoms with Crippen molar-refractivity contribution in [3.05, 3.63) is 57.9 Å². The van der Waals surface area contributed by atoms with Crippen LogP contribution in [-0.4, -0.2) is 17.1 Å². The lowest BCUT2D eigenvalue weighted by atomic mass is 10.0. The van der Waals surface area contributed by atoms with Crippen LogP contribution in [0.1, 0.15) is 34.1 Å². The Morgan fingerprint density at radius 3 is 2.65 bits per heavy atom. The van der Waals surface area contributed by atoms with Crippen LogP contribution in [0.2, 0.25) is 5.02 Å². The minimum absolute atomic E-state index is 0.271. The number of hydrogen-bond acceptors (Lipinski definition) is 2. The second-order valence-corrected chi connectivity index (χ2v) is 5.12. The van der Waals surface area contributed by atoms with Crippen molar-refractivity contribution in [2.75, 3.05) is 6.61 Å². The van der Waals surface area contributed by atoms with Gasteiger partial charge in [-0.25, -0.2) is 4.79 Å². The second-order valence-electron chi connectivity index (χ2n) is 4.71. The lowest BCUT2D eigenvalue weighted by Crippen LogP contribution is -2.08. The smallest absolute Gasteiger partial charge is 0.340 e. The number of hydrogen-bond donors (Lipinski definition) is 0. The molecule has 1 heterocycles. The first-order valence-corrected chi connectivity index (χ1v) is 6.97. The van der Waals surface area contributed by atoms with Crippen LogP contribution in [0.3, 0.4) is 0 Å². The third-order valence-electron chi connectivity index (χ3n) is 3.38. The van der Waals surface area contributed by atoms with E-state index in [0.717, 1.165) is 16.8 Å². The van der Waals surface area contributed by atoms with Crippen LogP contribution in [0.5, 0.6) is 0 Å². The molecule has 0 radical (unpaired) electrons. The third kappa shape index (κ3) is 2.88. The number of aromatic nitrogens is 1. The fourth-order valence-corrected chi connectivity index (χ4v) is 2.47. The molecule has 3 nitrogen and oxygen atoms in total. The van der Waals surface area contributed by atoms with Gasteiger partial charge in [0.15, 0.2) is 0 Å². The summed E-state index contributed by atoms with van der Waals surface area (Å²) in [6.07, 6.45) is 2.58. The summed E-state index contributed by atoms with van der Waals surface area (Å²) in [6.45, 7) is 4.10. The van der Waals surface area contributed by atoms with Gasteiger partial charge in [-0.3, -0.25) is 0 Å². The van der Waals surface area contributed by atoms with E-state index in [9.17, 15) is 4.79 Å². The number of esters is 1. The van der Waals surface area contributed by atoms with Gasteiger partial charge in [0.05, 0.1) is 12.2 Å². The Balaban J connectivity index is 2.40. The Morgan fingerprint density at radius 2 is 2.00 bits per heavy atom. The summed E-state index contributed by atoms with van der Waals surface area (Å²) in [7, 11) is 1.92. The van der Waals surface area contributed by atoms with Crippen molar-refractivity contribution in [2.45, 2.75) is 20.3 Å². The molecule has 4 heteroatoms. The van der Waals surface area contributed by atoms with Gasteiger partial charge in [0, 0.05) is 30.4 Å². The summed E-state index contributed by atoms with van der Waals surface area (Å²) in [5.41, 5.74) is 3.50. The van der Waals surface area contributed by atoms with Crippen molar-refractivity contribution in [1.29, 1.82) is 0 Å². The molecule has 0 saturated carbocycles. The molecule has 0 atom stereocenters. The summed E-state index contributed by atoms with van der Waals surface area (Å²) in [4.78, 5) is 12.1. The van der Waals surface area contributed by atoms with Crippen molar-refractivity contribution in [3.8, 4) is 0 Å². The molecule has 0 amide bonds. The molecule has 1 aromatic heterocycles. The van der Waals surface area contributed by atoms with Crippen LogP contribution < -0.4 is 0 Å². The standard InChI is InChI=1S/C16H18ClNO2/c1-4-20-16(19)15-11(2)18(3)10-13(15)9-12-7-5-6-8-14(12)17/h5-8,10H,4,9H2,1-3H3. The minimum Gasteiger partial charge on any atom is -0.462 e. The first-order chi connectivity index (χ1) is 9.54. The number of halogens is 1. The quantitative estimate of drug-likeness (QED) is 0.803. The average molecular weight is 292 g/mol. The molecule has 0 N–H and O–H groups in total. The average Bonchev–Trinajstić information content (AvgIpc) is 2.68. The van der Waals surface area contributed by atoms with Gasteiger partial charge in [0.2, 0.25) is 0 Å². The van der Waals surface area contributed by atoms with Gasteiger partial charge < -0.3 is 9.30 Å². The Morgan fingerprint density at radius 1 is 1.30 bits per heavy atom. The van der Waals surface area contributed by atoms with Gasteiger partial charge in [-0.15, -0.1) is 0 Å². The number of carbonyl (C=O) groups excluding carboxylic acids is 1. The van der Waals surface area contributed by atoms with E-state index in [1.54, 1.807) is 0 Å². The zero-order valence-corrected chi connectivity index (χ0v) is 12.7. The maximum Gasteiger partial charge on any atom is 0.340 e. The highest BCUT2D eigenvalue weighted by atomic mass is 35.5. The molecule has 1 aromatic carbocycles. The van der Waals surface area contributed by atoms with E-state index in [-0.39, 0.29) is 5.97 Å². The van der Waals surface area contributed by atoms with Crippen LogP contribution in [-0.2, 0) is 18.2 Å². The molecule has 0 aliphatic carbocycles. The molecule has 0 unspecified atom stereocenters. The highest BCUT2D eigenvalue weighted by Crippen LogP contribution is 2.24. The van der Waals surface area contributed by atoms with Gasteiger partial charge in [-0.2, -0.15) is 0 Å². The van der Waals surface area contributed by atoms with Gasteiger partial charge in [0.25, 0.3) is 0 Å². The molecule has 0 saturated heterocycles. The molecular formula is C16H18ClNO2. The number of nitrogens with zero attached hydrogens (tertiary/aromatic N) is 1. The van der Waals surface area contributed by atoms with E-state index in [1.807, 2.05) is 55.9 Å². The van der Waals surface area contributed by atoms with Crippen LogP contribution in [0.25, 0.3) is 0 Å². The molecule has 0 fully saturated rings. The van der Waals surface area contributed by atoms with Crippen molar-refractivity contribution in [3.63, 3.8) is 0 Å². The van der Waals surface area contributed by atoms with Gasteiger partial charge in [-0.1, -0.05) is 29.8 Å². The predicted molar refractivity (Wildman–Crippen MR) is 80.4 cm³/mol. The molecule has 2 rings (SSSR count). The SMILES string of the molecule is CCOC(=O)c1c(Cc2ccccc2Cl)cn(C)c1C. The van der Waals surface area contributed by atoms with Crippen molar-refractivity contribution in [2.24, 2.45) is 7.05 Å². The Labute approximate surface area is 124 Å². The maximum atomic E-state index is 12.1. The predicted octanol–water partition coefficient (Wildman–Crippen LogP) is 3.75. The molecule has 0 bridgehead atoms. The second kappa shape index (κ2) is 6.14. The zero-order valence-electron chi connectivity index (χ0n) is 11.9. The van der Waals surface area contributed by atoms with E-state index < -0.39 is 0 Å². The Bertz CT molecular complexity index is 631. The number of carbonyl (C=O) groups is 1. The lowest BCUT2D eigenvalue weighted by Gasteiger charge is -2.06. The van der Waals surface area contributed by atoms with Crippen LogP contribution in [0.4, 0.5) is 0 Å². The molecule has 2 aromatic rings. The molecular weight excluding hydrogens is 274 g/mol. The van der Waals surface area contributed by atoms with Crippen molar-refractivity contribution in [1.82, 2.24) is 4.57 Å². The number of ether oxygens (including phenoxy) is 1.